The van der Waals surface area contributed by atoms with Crippen LogP contribution >= 0.6 is 0 Å². The van der Waals surface area contributed by atoms with E-state index in [0.29, 0.717) is 12.1 Å². The quantitative estimate of drug-likeness (QED) is 0.122. The maximum atomic E-state index is 14.2. The molecular formula is C28H40N4O5S. The van der Waals surface area contributed by atoms with E-state index >= 15 is 0 Å². The number of aryl methyl sites for hydroxylation is 1. The standard InChI is InChI=1S/C28H40N4O5S/c1-5-15-28(18-20(2)3,27(34)31-29)38(36,37)19-24(25-17-21(4)14-16-30-25)23(26(33)32-35)13-9-12-22-10-7-6-8-11-22/h6-12,14,16-17,20,23-24,35H,5,13,15,18-19,29H2,1-4H3,(H,31,34)(H,32,33)/b12-9+/t23-,24+,28?/m0/s1. The lowest BCUT2D eigenvalue weighted by Crippen LogP contribution is -2.56. The third-order valence-corrected chi connectivity index (χ3v) is 9.22. The number of sulfone groups is 1. The number of hydrogen-bond donors (Lipinski definition) is 4. The maximum Gasteiger partial charge on any atom is 0.255 e. The van der Waals surface area contributed by atoms with Crippen molar-refractivity contribution in [1.29, 1.82) is 0 Å². The number of pyridine rings is 1. The van der Waals surface area contributed by atoms with Crippen molar-refractivity contribution in [3.05, 3.63) is 71.6 Å². The average Bonchev–Trinajstić information content (AvgIpc) is 2.89. The zero-order chi connectivity index (χ0) is 28.3. The Bertz CT molecular complexity index is 1200. The molecule has 2 aromatic rings. The van der Waals surface area contributed by atoms with E-state index in [9.17, 15) is 23.2 Å². The second-order valence-electron chi connectivity index (χ2n) is 10.1. The molecular weight excluding hydrogens is 504 g/mol. The number of hydrogen-bond acceptors (Lipinski definition) is 7. The lowest BCUT2D eigenvalue weighted by Gasteiger charge is -2.35. The van der Waals surface area contributed by atoms with Gasteiger partial charge in [-0.2, -0.15) is 0 Å². The number of allylic oxidation sites excluding steroid dienone is 1. The molecule has 0 aliphatic carbocycles. The Morgan fingerprint density at radius 1 is 1.18 bits per heavy atom. The van der Waals surface area contributed by atoms with Crippen molar-refractivity contribution < 1.29 is 23.2 Å². The molecule has 38 heavy (non-hydrogen) atoms. The van der Waals surface area contributed by atoms with E-state index in [1.165, 1.54) is 0 Å². The second-order valence-corrected chi connectivity index (χ2v) is 12.4. The van der Waals surface area contributed by atoms with Crippen LogP contribution in [0.25, 0.3) is 6.08 Å². The summed E-state index contributed by atoms with van der Waals surface area (Å²) in [5, 5.41) is 9.59. The Balaban J connectivity index is 2.63. The largest absolute Gasteiger partial charge is 0.293 e. The van der Waals surface area contributed by atoms with Gasteiger partial charge in [-0.3, -0.25) is 25.2 Å². The van der Waals surface area contributed by atoms with Gasteiger partial charge in [0.1, 0.15) is 0 Å². The number of amides is 2. The van der Waals surface area contributed by atoms with E-state index in [2.05, 4.69) is 10.4 Å². The highest BCUT2D eigenvalue weighted by atomic mass is 32.2. The highest BCUT2D eigenvalue weighted by Crippen LogP contribution is 2.38. The SMILES string of the molecule is CCCC(CC(C)C)(C(=O)NN)S(=O)(=O)C[C@@H](c1cc(C)ccn1)[C@H](C/C=C/c1ccccc1)C(=O)NO. The molecule has 0 spiro atoms. The van der Waals surface area contributed by atoms with Crippen molar-refractivity contribution >= 4 is 27.7 Å². The van der Waals surface area contributed by atoms with Crippen LogP contribution in [0.4, 0.5) is 0 Å². The molecule has 1 heterocycles. The molecule has 1 aromatic carbocycles. The zero-order valence-corrected chi connectivity index (χ0v) is 23.4. The van der Waals surface area contributed by atoms with E-state index in [1.54, 1.807) is 29.9 Å². The van der Waals surface area contributed by atoms with Crippen LogP contribution in [-0.2, 0) is 19.4 Å². The van der Waals surface area contributed by atoms with Crippen molar-refractivity contribution in [2.75, 3.05) is 5.75 Å². The maximum absolute atomic E-state index is 14.2. The molecule has 3 atom stereocenters. The van der Waals surface area contributed by atoms with Crippen LogP contribution in [0, 0.1) is 18.8 Å². The van der Waals surface area contributed by atoms with Crippen LogP contribution in [0.1, 0.15) is 69.2 Å². The molecule has 0 saturated carbocycles. The number of aromatic nitrogens is 1. The molecule has 0 aliphatic rings. The molecule has 0 radical (unpaired) electrons. The Morgan fingerprint density at radius 2 is 1.87 bits per heavy atom. The van der Waals surface area contributed by atoms with Crippen LogP contribution < -0.4 is 16.7 Å². The number of carbonyl (C=O) groups excluding carboxylic acids is 2. The minimum Gasteiger partial charge on any atom is -0.293 e. The number of nitrogens with one attached hydrogen (secondary N) is 2. The van der Waals surface area contributed by atoms with Gasteiger partial charge in [-0.1, -0.05) is 69.7 Å². The highest BCUT2D eigenvalue weighted by molar-refractivity contribution is 7.93. The van der Waals surface area contributed by atoms with Crippen molar-refractivity contribution in [3.63, 3.8) is 0 Å². The fourth-order valence-corrected chi connectivity index (χ4v) is 7.58. The molecule has 0 bridgehead atoms. The number of benzene rings is 1. The predicted molar refractivity (Wildman–Crippen MR) is 148 cm³/mol. The number of carbonyl (C=O) groups is 2. The third-order valence-electron chi connectivity index (χ3n) is 6.68. The van der Waals surface area contributed by atoms with Gasteiger partial charge in [0.15, 0.2) is 14.6 Å². The summed E-state index contributed by atoms with van der Waals surface area (Å²) in [6.07, 6.45) is 5.87. The summed E-state index contributed by atoms with van der Waals surface area (Å²) in [6.45, 7) is 7.35. The van der Waals surface area contributed by atoms with Crippen LogP contribution in [-0.4, -0.2) is 40.9 Å². The molecule has 0 saturated heterocycles. The van der Waals surface area contributed by atoms with Gasteiger partial charge in [0.25, 0.3) is 5.91 Å². The zero-order valence-electron chi connectivity index (χ0n) is 22.6. The summed E-state index contributed by atoms with van der Waals surface area (Å²) in [5.74, 6) is 1.42. The van der Waals surface area contributed by atoms with E-state index in [1.807, 2.05) is 64.1 Å². The Morgan fingerprint density at radius 3 is 2.42 bits per heavy atom. The molecule has 2 rings (SSSR count). The summed E-state index contributed by atoms with van der Waals surface area (Å²) in [6, 6.07) is 13.0. The van der Waals surface area contributed by atoms with Crippen molar-refractivity contribution in [2.45, 2.75) is 64.0 Å². The topological polar surface area (TPSA) is 151 Å². The van der Waals surface area contributed by atoms with Gasteiger partial charge in [0.2, 0.25) is 5.91 Å². The molecule has 0 fully saturated rings. The van der Waals surface area contributed by atoms with E-state index in [-0.39, 0.29) is 25.2 Å². The smallest absolute Gasteiger partial charge is 0.255 e. The lowest BCUT2D eigenvalue weighted by molar-refractivity contribution is -0.133. The van der Waals surface area contributed by atoms with Gasteiger partial charge in [-0.05, 0) is 55.4 Å². The Kier molecular flexibility index (Phi) is 11.6. The summed E-state index contributed by atoms with van der Waals surface area (Å²) in [7, 11) is -4.19. The fraction of sp³-hybridized carbons (Fsp3) is 0.464. The van der Waals surface area contributed by atoms with Crippen molar-refractivity contribution in [2.24, 2.45) is 17.7 Å². The number of hydroxylamine groups is 1. The predicted octanol–water partition coefficient (Wildman–Crippen LogP) is 3.69. The molecule has 1 aromatic heterocycles. The van der Waals surface area contributed by atoms with Crippen LogP contribution in [0.15, 0.2) is 54.7 Å². The van der Waals surface area contributed by atoms with Gasteiger partial charge in [-0.15, -0.1) is 0 Å². The molecule has 10 heteroatoms. The lowest BCUT2D eigenvalue weighted by atomic mass is 9.86. The van der Waals surface area contributed by atoms with Gasteiger partial charge >= 0.3 is 0 Å². The number of nitrogens with two attached hydrogens (primary N) is 1. The highest BCUT2D eigenvalue weighted by Gasteiger charge is 2.51. The molecule has 5 N–H and O–H groups in total. The first kappa shape index (κ1) is 31.1. The van der Waals surface area contributed by atoms with Gasteiger partial charge in [0, 0.05) is 17.8 Å². The number of nitrogens with zero attached hydrogens (tertiary/aromatic N) is 1. The first-order valence-electron chi connectivity index (χ1n) is 12.8. The van der Waals surface area contributed by atoms with E-state index in [0.717, 1.165) is 11.1 Å². The van der Waals surface area contributed by atoms with Crippen molar-refractivity contribution in [3.8, 4) is 0 Å². The summed E-state index contributed by atoms with van der Waals surface area (Å²) < 4.78 is 26.6. The Labute approximate surface area is 225 Å². The molecule has 1 unspecified atom stereocenters. The van der Waals surface area contributed by atoms with E-state index < -0.39 is 44.0 Å². The van der Waals surface area contributed by atoms with Gasteiger partial charge in [-0.25, -0.2) is 19.7 Å². The van der Waals surface area contributed by atoms with Gasteiger partial charge in [0.05, 0.1) is 11.7 Å². The summed E-state index contributed by atoms with van der Waals surface area (Å²) in [4.78, 5) is 30.5. The summed E-state index contributed by atoms with van der Waals surface area (Å²) >= 11 is 0. The van der Waals surface area contributed by atoms with Crippen LogP contribution in [0.3, 0.4) is 0 Å². The van der Waals surface area contributed by atoms with Crippen LogP contribution in [0.2, 0.25) is 0 Å². The fourth-order valence-electron chi connectivity index (χ4n) is 4.94. The summed E-state index contributed by atoms with van der Waals surface area (Å²) in [5.41, 5.74) is 5.91. The molecule has 0 aliphatic heterocycles. The molecule has 2 amide bonds. The Hall–Kier alpha value is -3.08. The first-order chi connectivity index (χ1) is 18.0. The minimum atomic E-state index is -4.19. The molecule has 208 valence electrons. The molecule has 9 nitrogen and oxygen atoms in total. The second kappa shape index (κ2) is 14.2. The third kappa shape index (κ3) is 7.72. The minimum absolute atomic E-state index is 0.0744. The monoisotopic (exact) mass is 544 g/mol. The number of rotatable bonds is 14. The first-order valence-corrected chi connectivity index (χ1v) is 14.5. The van der Waals surface area contributed by atoms with E-state index in [4.69, 9.17) is 5.84 Å². The van der Waals surface area contributed by atoms with Crippen LogP contribution in [0.5, 0.6) is 0 Å². The van der Waals surface area contributed by atoms with Gasteiger partial charge < -0.3 is 0 Å². The number of hydrazine groups is 1. The van der Waals surface area contributed by atoms with Crippen molar-refractivity contribution in [1.82, 2.24) is 15.9 Å². The normalized spacial score (nSPS) is 15.1. The average molecular weight is 545 g/mol.